The molecule has 0 fully saturated rings. The molecule has 0 heterocycles. The number of hydrogen-bond acceptors (Lipinski definition) is 2. The number of halogens is 2. The predicted molar refractivity (Wildman–Crippen MR) is 97.4 cm³/mol. The minimum absolute atomic E-state index is 0.136. The van der Waals surface area contributed by atoms with Gasteiger partial charge in [-0.1, -0.05) is 47.5 Å². The van der Waals surface area contributed by atoms with E-state index in [9.17, 15) is 9.59 Å². The fraction of sp³-hybridized carbons (Fsp3) is 0.222. The summed E-state index contributed by atoms with van der Waals surface area (Å²) in [5.41, 5.74) is 1.57. The molecule has 2 aromatic rings. The van der Waals surface area contributed by atoms with Crippen LogP contribution < -0.4 is 10.2 Å². The zero-order valence-electron chi connectivity index (χ0n) is 13.3. The highest BCUT2D eigenvalue weighted by Crippen LogP contribution is 2.25. The Labute approximate surface area is 151 Å². The Balaban J connectivity index is 1.90. The van der Waals surface area contributed by atoms with Gasteiger partial charge in [-0.3, -0.25) is 9.59 Å². The first-order chi connectivity index (χ1) is 11.5. The number of nitrogens with one attached hydrogen (secondary N) is 1. The van der Waals surface area contributed by atoms with E-state index in [1.54, 1.807) is 36.4 Å². The van der Waals surface area contributed by atoms with Gasteiger partial charge in [-0.2, -0.15) is 0 Å². The van der Waals surface area contributed by atoms with Crippen molar-refractivity contribution in [1.29, 1.82) is 0 Å². The molecule has 6 heteroatoms. The molecule has 2 aromatic carbocycles. The van der Waals surface area contributed by atoms with Crippen LogP contribution in [0, 0.1) is 0 Å². The second-order valence-electron chi connectivity index (χ2n) is 5.28. The summed E-state index contributed by atoms with van der Waals surface area (Å²) in [4.78, 5) is 25.4. The zero-order valence-corrected chi connectivity index (χ0v) is 14.8. The van der Waals surface area contributed by atoms with Gasteiger partial charge in [0.05, 0.1) is 10.7 Å². The number of para-hydroxylation sites is 1. The van der Waals surface area contributed by atoms with E-state index < -0.39 is 0 Å². The van der Waals surface area contributed by atoms with Crippen LogP contribution >= 0.6 is 23.2 Å². The molecule has 0 aliphatic heterocycles. The fourth-order valence-corrected chi connectivity index (χ4v) is 2.59. The summed E-state index contributed by atoms with van der Waals surface area (Å²) in [6.07, 6.45) is 0.193. The van der Waals surface area contributed by atoms with Crippen molar-refractivity contribution >= 4 is 40.7 Å². The number of hydrogen-bond donors (Lipinski definition) is 1. The van der Waals surface area contributed by atoms with Gasteiger partial charge in [0.2, 0.25) is 11.8 Å². The quantitative estimate of drug-likeness (QED) is 0.840. The third kappa shape index (κ3) is 5.25. The van der Waals surface area contributed by atoms with Gasteiger partial charge in [0.25, 0.3) is 0 Å². The van der Waals surface area contributed by atoms with E-state index in [0.717, 1.165) is 5.56 Å². The van der Waals surface area contributed by atoms with Crippen LogP contribution in [-0.4, -0.2) is 18.4 Å². The molecular formula is C18H18Cl2N2O2. The molecule has 0 aromatic heterocycles. The van der Waals surface area contributed by atoms with Crippen molar-refractivity contribution < 1.29 is 9.59 Å². The first kappa shape index (κ1) is 18.3. The lowest BCUT2D eigenvalue weighted by Crippen LogP contribution is -2.33. The molecule has 0 spiro atoms. The van der Waals surface area contributed by atoms with E-state index in [1.807, 2.05) is 12.1 Å². The van der Waals surface area contributed by atoms with Crippen molar-refractivity contribution in [2.45, 2.75) is 19.9 Å². The summed E-state index contributed by atoms with van der Waals surface area (Å²) in [6, 6.07) is 14.3. The van der Waals surface area contributed by atoms with Gasteiger partial charge in [-0.05, 0) is 29.8 Å². The van der Waals surface area contributed by atoms with Crippen LogP contribution in [0.4, 0.5) is 5.69 Å². The van der Waals surface area contributed by atoms with Crippen LogP contribution in [0.15, 0.2) is 48.5 Å². The van der Waals surface area contributed by atoms with Crippen LogP contribution in [0.25, 0.3) is 0 Å². The molecule has 0 radical (unpaired) electrons. The Morgan fingerprint density at radius 3 is 2.33 bits per heavy atom. The van der Waals surface area contributed by atoms with E-state index in [-0.39, 0.29) is 24.8 Å². The monoisotopic (exact) mass is 364 g/mol. The Hall–Kier alpha value is -2.04. The van der Waals surface area contributed by atoms with Gasteiger partial charge >= 0.3 is 0 Å². The summed E-state index contributed by atoms with van der Waals surface area (Å²) < 4.78 is 0. The molecular weight excluding hydrogens is 347 g/mol. The van der Waals surface area contributed by atoms with E-state index in [2.05, 4.69) is 5.32 Å². The Kier molecular flexibility index (Phi) is 6.64. The van der Waals surface area contributed by atoms with Gasteiger partial charge in [-0.15, -0.1) is 0 Å². The number of rotatable bonds is 6. The van der Waals surface area contributed by atoms with Crippen molar-refractivity contribution in [1.82, 2.24) is 5.32 Å². The lowest BCUT2D eigenvalue weighted by atomic mass is 10.2. The van der Waals surface area contributed by atoms with Crippen molar-refractivity contribution in [3.63, 3.8) is 0 Å². The Morgan fingerprint density at radius 2 is 1.71 bits per heavy atom. The van der Waals surface area contributed by atoms with Crippen LogP contribution in [0.2, 0.25) is 10.0 Å². The molecule has 0 aliphatic carbocycles. The lowest BCUT2D eigenvalue weighted by Gasteiger charge is -2.22. The van der Waals surface area contributed by atoms with E-state index >= 15 is 0 Å². The van der Waals surface area contributed by atoms with Gasteiger partial charge < -0.3 is 10.2 Å². The fourth-order valence-electron chi connectivity index (χ4n) is 2.22. The molecule has 2 amide bonds. The normalized spacial score (nSPS) is 10.3. The van der Waals surface area contributed by atoms with Crippen molar-refractivity contribution in [3.05, 3.63) is 64.1 Å². The molecule has 0 atom stereocenters. The second kappa shape index (κ2) is 8.71. The molecule has 2 rings (SSSR count). The van der Waals surface area contributed by atoms with Gasteiger partial charge in [-0.25, -0.2) is 0 Å². The topological polar surface area (TPSA) is 49.4 Å². The number of carbonyl (C=O) groups excluding carboxylic acids is 2. The highest BCUT2D eigenvalue weighted by molar-refractivity contribution is 6.33. The number of carbonyl (C=O) groups is 2. The summed E-state index contributed by atoms with van der Waals surface area (Å²) in [5, 5.41) is 3.96. The average Bonchev–Trinajstić information content (AvgIpc) is 2.56. The SMILES string of the molecule is CC(=O)N(CCC(=O)NCc1ccc(Cl)cc1)c1ccccc1Cl. The highest BCUT2D eigenvalue weighted by Gasteiger charge is 2.15. The summed E-state index contributed by atoms with van der Waals surface area (Å²) in [7, 11) is 0. The van der Waals surface area contributed by atoms with Crippen molar-refractivity contribution in [3.8, 4) is 0 Å². The van der Waals surface area contributed by atoms with Gasteiger partial charge in [0, 0.05) is 31.5 Å². The van der Waals surface area contributed by atoms with E-state index in [1.165, 1.54) is 11.8 Å². The molecule has 24 heavy (non-hydrogen) atoms. The van der Waals surface area contributed by atoms with Crippen molar-refractivity contribution in [2.24, 2.45) is 0 Å². The summed E-state index contributed by atoms with van der Waals surface area (Å²) >= 11 is 12.0. The van der Waals surface area contributed by atoms with Crippen LogP contribution in [0.3, 0.4) is 0 Å². The highest BCUT2D eigenvalue weighted by atomic mass is 35.5. The zero-order chi connectivity index (χ0) is 17.5. The lowest BCUT2D eigenvalue weighted by molar-refractivity contribution is -0.121. The van der Waals surface area contributed by atoms with E-state index in [0.29, 0.717) is 22.3 Å². The maximum atomic E-state index is 12.0. The number of benzene rings is 2. The van der Waals surface area contributed by atoms with Crippen molar-refractivity contribution in [2.75, 3.05) is 11.4 Å². The number of nitrogens with zero attached hydrogens (tertiary/aromatic N) is 1. The minimum Gasteiger partial charge on any atom is -0.352 e. The Morgan fingerprint density at radius 1 is 1.04 bits per heavy atom. The molecule has 0 aliphatic rings. The third-order valence-corrected chi connectivity index (χ3v) is 4.06. The minimum atomic E-state index is -0.159. The molecule has 0 unspecified atom stereocenters. The maximum Gasteiger partial charge on any atom is 0.223 e. The molecule has 0 saturated heterocycles. The molecule has 1 N–H and O–H groups in total. The number of amides is 2. The summed E-state index contributed by atoms with van der Waals surface area (Å²) in [6.45, 7) is 2.14. The smallest absolute Gasteiger partial charge is 0.223 e. The largest absolute Gasteiger partial charge is 0.352 e. The first-order valence-electron chi connectivity index (χ1n) is 7.51. The summed E-state index contributed by atoms with van der Waals surface area (Å²) in [5.74, 6) is -0.295. The maximum absolute atomic E-state index is 12.0. The van der Waals surface area contributed by atoms with E-state index in [4.69, 9.17) is 23.2 Å². The molecule has 0 saturated carbocycles. The average molecular weight is 365 g/mol. The Bertz CT molecular complexity index is 717. The van der Waals surface area contributed by atoms with Crippen LogP contribution in [-0.2, 0) is 16.1 Å². The number of anilines is 1. The predicted octanol–water partition coefficient (Wildman–Crippen LogP) is 4.05. The molecule has 126 valence electrons. The van der Waals surface area contributed by atoms with Gasteiger partial charge in [0.1, 0.15) is 0 Å². The second-order valence-corrected chi connectivity index (χ2v) is 6.12. The van der Waals surface area contributed by atoms with Crippen LogP contribution in [0.1, 0.15) is 18.9 Å². The van der Waals surface area contributed by atoms with Crippen LogP contribution in [0.5, 0.6) is 0 Å². The standard InChI is InChI=1S/C18H18Cl2N2O2/c1-13(23)22(17-5-3-2-4-16(17)20)11-10-18(24)21-12-14-6-8-15(19)9-7-14/h2-9H,10-12H2,1H3,(H,21,24). The van der Waals surface area contributed by atoms with Gasteiger partial charge in [0.15, 0.2) is 0 Å². The first-order valence-corrected chi connectivity index (χ1v) is 8.26. The molecule has 4 nitrogen and oxygen atoms in total. The molecule has 0 bridgehead atoms. The third-order valence-electron chi connectivity index (χ3n) is 3.49.